The van der Waals surface area contributed by atoms with Gasteiger partial charge in [0.15, 0.2) is 0 Å². The molecule has 3 saturated carbocycles. The number of carbonyl (C=O) groups is 2. The Balaban J connectivity index is 1.33. The molecule has 0 heterocycles. The van der Waals surface area contributed by atoms with Crippen LogP contribution < -0.4 is 0 Å². The lowest BCUT2D eigenvalue weighted by Gasteiger charge is -2.58. The van der Waals surface area contributed by atoms with Crippen LogP contribution in [0.4, 0.5) is 0 Å². The molecule has 7 atom stereocenters. The van der Waals surface area contributed by atoms with E-state index in [1.807, 2.05) is 6.92 Å². The third kappa shape index (κ3) is 3.38. The number of hydrogen-bond acceptors (Lipinski definition) is 4. The fraction of sp³-hybridized carbons (Fsp3) is 0.643. The molecule has 2 N–H and O–H groups in total. The molecule has 0 saturated heterocycles. The van der Waals surface area contributed by atoms with E-state index in [4.69, 9.17) is 4.74 Å². The van der Waals surface area contributed by atoms with Crippen molar-refractivity contribution in [3.63, 3.8) is 0 Å². The van der Waals surface area contributed by atoms with Gasteiger partial charge >= 0.3 is 11.9 Å². The predicted molar refractivity (Wildman–Crippen MR) is 125 cm³/mol. The first kappa shape index (κ1) is 22.6. The molecular weight excluding hydrogens is 416 g/mol. The molecule has 5 nitrogen and oxygen atoms in total. The van der Waals surface area contributed by atoms with Crippen molar-refractivity contribution < 1.29 is 24.5 Å². The summed E-state index contributed by atoms with van der Waals surface area (Å²) in [4.78, 5) is 24.3. The zero-order valence-electron chi connectivity index (χ0n) is 20.0. The van der Waals surface area contributed by atoms with Crippen LogP contribution in [-0.4, -0.2) is 33.9 Å². The lowest BCUT2D eigenvalue weighted by Crippen LogP contribution is -2.53. The average Bonchev–Trinajstić information content (AvgIpc) is 3.03. The number of benzene rings is 1. The average molecular weight is 453 g/mol. The number of carboxylic acids is 1. The van der Waals surface area contributed by atoms with Gasteiger partial charge in [0.25, 0.3) is 0 Å². The maximum absolute atomic E-state index is 12.8. The Morgan fingerprint density at radius 3 is 2.39 bits per heavy atom. The molecule has 33 heavy (non-hydrogen) atoms. The molecule has 0 aliphatic heterocycles. The minimum absolute atomic E-state index is 0.0134. The predicted octanol–water partition coefficient (Wildman–Crippen LogP) is 5.62. The van der Waals surface area contributed by atoms with E-state index in [1.165, 1.54) is 17.7 Å². The van der Waals surface area contributed by atoms with Gasteiger partial charge in [-0.3, -0.25) is 0 Å². The Kier molecular flexibility index (Phi) is 5.28. The van der Waals surface area contributed by atoms with E-state index in [-0.39, 0.29) is 28.1 Å². The molecule has 3 fully saturated rings. The van der Waals surface area contributed by atoms with Gasteiger partial charge in [-0.15, -0.1) is 0 Å². The van der Waals surface area contributed by atoms with Gasteiger partial charge in [0.2, 0.25) is 0 Å². The van der Waals surface area contributed by atoms with Crippen molar-refractivity contribution in [2.75, 3.05) is 0 Å². The maximum atomic E-state index is 12.8. The summed E-state index contributed by atoms with van der Waals surface area (Å²) in [6, 6.07) is 6.26. The first-order valence-electron chi connectivity index (χ1n) is 12.5. The van der Waals surface area contributed by atoms with E-state index in [9.17, 15) is 19.8 Å². The molecule has 0 radical (unpaired) electrons. The van der Waals surface area contributed by atoms with Gasteiger partial charge in [0.1, 0.15) is 6.10 Å². The van der Waals surface area contributed by atoms with Gasteiger partial charge in [-0.2, -0.15) is 0 Å². The minimum Gasteiger partial charge on any atom is -0.478 e. The molecule has 1 aromatic rings. The summed E-state index contributed by atoms with van der Waals surface area (Å²) in [5, 5.41) is 20.5. The van der Waals surface area contributed by atoms with Gasteiger partial charge in [0, 0.05) is 6.42 Å². The van der Waals surface area contributed by atoms with Crippen molar-refractivity contribution in [1.29, 1.82) is 0 Å². The van der Waals surface area contributed by atoms with E-state index >= 15 is 0 Å². The van der Waals surface area contributed by atoms with E-state index < -0.39 is 17.5 Å². The van der Waals surface area contributed by atoms with E-state index in [2.05, 4.69) is 19.9 Å². The normalized spacial score (nSPS) is 41.9. The highest BCUT2D eigenvalue weighted by Gasteiger charge is 2.62. The Morgan fingerprint density at radius 1 is 0.970 bits per heavy atom. The van der Waals surface area contributed by atoms with Crippen LogP contribution >= 0.6 is 0 Å². The van der Waals surface area contributed by atoms with Gasteiger partial charge in [-0.25, -0.2) is 9.59 Å². The highest BCUT2D eigenvalue weighted by Crippen LogP contribution is 2.67. The monoisotopic (exact) mass is 452 g/mol. The van der Waals surface area contributed by atoms with Crippen molar-refractivity contribution in [2.45, 2.75) is 83.8 Å². The van der Waals surface area contributed by atoms with E-state index in [1.54, 1.807) is 12.1 Å². The van der Waals surface area contributed by atoms with Gasteiger partial charge in [-0.1, -0.05) is 37.6 Å². The topological polar surface area (TPSA) is 83.8 Å². The Bertz CT molecular complexity index is 1010. The van der Waals surface area contributed by atoms with Gasteiger partial charge in [0.05, 0.1) is 16.7 Å². The second-order valence-corrected chi connectivity index (χ2v) is 11.6. The summed E-state index contributed by atoms with van der Waals surface area (Å²) in [6.45, 7) is 6.76. The molecule has 0 bridgehead atoms. The number of carboxylic acid groups (broad SMARTS) is 1. The summed E-state index contributed by atoms with van der Waals surface area (Å²) in [6.07, 6.45) is 10.0. The van der Waals surface area contributed by atoms with Crippen LogP contribution in [-0.2, 0) is 4.74 Å². The van der Waals surface area contributed by atoms with Crippen molar-refractivity contribution in [3.05, 3.63) is 47.0 Å². The quantitative estimate of drug-likeness (QED) is 0.459. The molecule has 4 aliphatic rings. The fourth-order valence-corrected chi connectivity index (χ4v) is 8.03. The van der Waals surface area contributed by atoms with Gasteiger partial charge < -0.3 is 14.9 Å². The van der Waals surface area contributed by atoms with Crippen LogP contribution in [0.15, 0.2) is 35.9 Å². The Hall–Kier alpha value is -2.14. The molecule has 0 amide bonds. The van der Waals surface area contributed by atoms with E-state index in [0.717, 1.165) is 51.4 Å². The van der Waals surface area contributed by atoms with Crippen molar-refractivity contribution in [3.8, 4) is 0 Å². The first-order chi connectivity index (χ1) is 15.6. The number of esters is 1. The standard InChI is InChI=1S/C28H36O5/c1-26-13-10-18(33-25(31)20-7-5-4-6-19(20)24(29)30)16-17(26)8-9-21-22(26)11-14-27(2)23(21)12-15-28(27,3)32/h4-8,18,21-23,32H,9-16H2,1-3H3,(H,29,30). The molecule has 7 unspecified atom stereocenters. The Labute approximate surface area is 196 Å². The maximum Gasteiger partial charge on any atom is 0.339 e. The molecule has 4 aliphatic carbocycles. The molecular formula is C28H36O5. The highest BCUT2D eigenvalue weighted by molar-refractivity contribution is 6.02. The molecule has 0 spiro atoms. The zero-order chi connectivity index (χ0) is 23.6. The van der Waals surface area contributed by atoms with Crippen LogP contribution in [0.1, 0.15) is 92.9 Å². The zero-order valence-corrected chi connectivity index (χ0v) is 20.0. The Morgan fingerprint density at radius 2 is 1.67 bits per heavy atom. The smallest absolute Gasteiger partial charge is 0.339 e. The first-order valence-corrected chi connectivity index (χ1v) is 12.5. The second kappa shape index (κ2) is 7.69. The number of fused-ring (bicyclic) bond motifs is 5. The second-order valence-electron chi connectivity index (χ2n) is 11.6. The van der Waals surface area contributed by atoms with Crippen molar-refractivity contribution >= 4 is 11.9 Å². The number of rotatable bonds is 3. The molecule has 1 aromatic carbocycles. The summed E-state index contributed by atoms with van der Waals surface area (Å²) in [7, 11) is 0. The van der Waals surface area contributed by atoms with Crippen LogP contribution in [0.3, 0.4) is 0 Å². The van der Waals surface area contributed by atoms with Crippen LogP contribution in [0, 0.1) is 28.6 Å². The van der Waals surface area contributed by atoms with Crippen LogP contribution in [0.5, 0.6) is 0 Å². The third-order valence-electron chi connectivity index (χ3n) is 10.3. The fourth-order valence-electron chi connectivity index (χ4n) is 8.03. The summed E-state index contributed by atoms with van der Waals surface area (Å²) in [5.41, 5.74) is 1.09. The van der Waals surface area contributed by atoms with Crippen LogP contribution in [0.2, 0.25) is 0 Å². The lowest BCUT2D eigenvalue weighted by molar-refractivity contribution is -0.115. The van der Waals surface area contributed by atoms with E-state index in [0.29, 0.717) is 17.8 Å². The molecule has 5 heteroatoms. The minimum atomic E-state index is -1.12. The summed E-state index contributed by atoms with van der Waals surface area (Å²) < 4.78 is 5.83. The number of ether oxygens (including phenoxy) is 1. The SMILES string of the molecule is CC12CCC(OC(=O)c3ccccc3C(=O)O)CC1=CCC1C2CCC2(C)C1CCC2(C)O. The molecule has 0 aromatic heterocycles. The number of aromatic carboxylic acids is 1. The number of allylic oxidation sites excluding steroid dienone is 1. The lowest BCUT2D eigenvalue weighted by atomic mass is 9.47. The van der Waals surface area contributed by atoms with Crippen molar-refractivity contribution in [2.24, 2.45) is 28.6 Å². The van der Waals surface area contributed by atoms with Gasteiger partial charge in [-0.05, 0) is 92.6 Å². The van der Waals surface area contributed by atoms with Crippen LogP contribution in [0.25, 0.3) is 0 Å². The summed E-state index contributed by atoms with van der Waals surface area (Å²) in [5.74, 6) is 0.151. The largest absolute Gasteiger partial charge is 0.478 e. The highest BCUT2D eigenvalue weighted by atomic mass is 16.5. The third-order valence-corrected chi connectivity index (χ3v) is 10.3. The number of carbonyl (C=O) groups excluding carboxylic acids is 1. The number of aliphatic hydroxyl groups is 1. The summed E-state index contributed by atoms with van der Waals surface area (Å²) >= 11 is 0. The number of hydrogen-bond donors (Lipinski definition) is 2. The van der Waals surface area contributed by atoms with Crippen molar-refractivity contribution in [1.82, 2.24) is 0 Å². The molecule has 178 valence electrons. The molecule has 5 rings (SSSR count).